The van der Waals surface area contributed by atoms with Gasteiger partial charge >= 0.3 is 0 Å². The van der Waals surface area contributed by atoms with Gasteiger partial charge in [-0.3, -0.25) is 4.57 Å². The molecule has 96 valence electrons. The molecule has 1 aromatic carbocycles. The Morgan fingerprint density at radius 3 is 2.67 bits per heavy atom. The molecule has 0 aliphatic heterocycles. The minimum absolute atomic E-state index is 0.267. The van der Waals surface area contributed by atoms with Gasteiger partial charge in [-0.05, 0) is 36.5 Å². The van der Waals surface area contributed by atoms with E-state index in [0.717, 1.165) is 11.4 Å². The maximum Gasteiger partial charge on any atom is 0.182 e. The summed E-state index contributed by atoms with van der Waals surface area (Å²) in [5.41, 5.74) is 1.76. The second kappa shape index (κ2) is 5.43. The first-order valence-electron chi connectivity index (χ1n) is 5.42. The van der Waals surface area contributed by atoms with E-state index in [1.807, 2.05) is 17.8 Å². The Kier molecular flexibility index (Phi) is 3.90. The predicted octanol–water partition coefficient (Wildman–Crippen LogP) is 2.67. The maximum absolute atomic E-state index is 12.9. The minimum Gasteiger partial charge on any atom is -0.337 e. The van der Waals surface area contributed by atoms with Crippen LogP contribution in [0.15, 0.2) is 30.5 Å². The van der Waals surface area contributed by atoms with E-state index < -0.39 is 0 Å². The summed E-state index contributed by atoms with van der Waals surface area (Å²) < 4.78 is 15.3. The molecule has 2 rings (SSSR count). The van der Waals surface area contributed by atoms with E-state index in [1.165, 1.54) is 12.1 Å². The smallest absolute Gasteiger partial charge is 0.182 e. The Morgan fingerprint density at radius 2 is 2.06 bits per heavy atom. The summed E-state index contributed by atoms with van der Waals surface area (Å²) >= 11 is 5.23. The van der Waals surface area contributed by atoms with Gasteiger partial charge in [0.2, 0.25) is 0 Å². The van der Waals surface area contributed by atoms with Crippen molar-refractivity contribution < 1.29 is 9.23 Å². The quantitative estimate of drug-likeness (QED) is 0.683. The summed E-state index contributed by atoms with van der Waals surface area (Å²) in [5, 5.41) is 1.68. The third-order valence-corrected chi connectivity index (χ3v) is 2.93. The molecule has 0 saturated heterocycles. The first-order chi connectivity index (χ1) is 8.61. The highest BCUT2D eigenvalue weighted by Gasteiger charge is 2.08. The van der Waals surface area contributed by atoms with Crippen LogP contribution >= 0.6 is 12.2 Å². The number of nitrogens with one attached hydrogen (secondary N) is 1. The lowest BCUT2D eigenvalue weighted by Crippen LogP contribution is -2.18. The summed E-state index contributed by atoms with van der Waals surface area (Å²) in [6.45, 7) is 0.570. The van der Waals surface area contributed by atoms with Crippen molar-refractivity contribution in [2.75, 3.05) is 14.2 Å². The van der Waals surface area contributed by atoms with Crippen LogP contribution in [0.3, 0.4) is 0 Å². The fraction of sp³-hybridized carbons (Fsp3) is 0.250. The van der Waals surface area contributed by atoms with Crippen molar-refractivity contribution in [3.63, 3.8) is 0 Å². The van der Waals surface area contributed by atoms with Crippen LogP contribution in [0.25, 0.3) is 5.69 Å². The van der Waals surface area contributed by atoms with Gasteiger partial charge in [-0.1, -0.05) is 0 Å². The van der Waals surface area contributed by atoms with Crippen LogP contribution in [0.1, 0.15) is 5.69 Å². The summed E-state index contributed by atoms with van der Waals surface area (Å²) in [6.07, 6.45) is 1.82. The van der Waals surface area contributed by atoms with Crippen molar-refractivity contribution >= 4 is 12.2 Å². The Bertz CT molecular complexity index is 576. The number of H-pyrrole nitrogens is 1. The molecule has 2 aromatic rings. The maximum atomic E-state index is 12.9. The molecular formula is C12H14FN3OS. The van der Waals surface area contributed by atoms with Gasteiger partial charge in [0.05, 0.1) is 19.3 Å². The molecule has 0 fully saturated rings. The zero-order valence-corrected chi connectivity index (χ0v) is 11.0. The molecule has 0 bridgehead atoms. The van der Waals surface area contributed by atoms with Gasteiger partial charge in [0, 0.05) is 18.9 Å². The third kappa shape index (κ3) is 2.66. The van der Waals surface area contributed by atoms with Crippen LogP contribution in [0.5, 0.6) is 0 Å². The van der Waals surface area contributed by atoms with E-state index in [2.05, 4.69) is 4.98 Å². The van der Waals surface area contributed by atoms with Crippen LogP contribution in [-0.2, 0) is 11.4 Å². The zero-order chi connectivity index (χ0) is 13.1. The first kappa shape index (κ1) is 12.9. The Labute approximate surface area is 110 Å². The first-order valence-corrected chi connectivity index (χ1v) is 5.83. The lowest BCUT2D eigenvalue weighted by Gasteiger charge is -2.15. The number of hydrogen-bond donors (Lipinski definition) is 1. The number of aromatic amines is 1. The monoisotopic (exact) mass is 267 g/mol. The average Bonchev–Trinajstić information content (AvgIpc) is 2.72. The predicted molar refractivity (Wildman–Crippen MR) is 69.4 cm³/mol. The number of benzene rings is 1. The van der Waals surface area contributed by atoms with Crippen molar-refractivity contribution in [1.29, 1.82) is 0 Å². The molecule has 0 spiro atoms. The fourth-order valence-corrected chi connectivity index (χ4v) is 1.97. The summed E-state index contributed by atoms with van der Waals surface area (Å²) in [7, 11) is 3.43. The average molecular weight is 267 g/mol. The summed E-state index contributed by atoms with van der Waals surface area (Å²) in [6, 6.07) is 6.20. The number of aromatic nitrogens is 2. The second-order valence-electron chi connectivity index (χ2n) is 3.87. The third-order valence-electron chi connectivity index (χ3n) is 2.63. The van der Waals surface area contributed by atoms with E-state index in [9.17, 15) is 4.39 Å². The fourth-order valence-electron chi connectivity index (χ4n) is 1.69. The Morgan fingerprint density at radius 1 is 1.39 bits per heavy atom. The highest BCUT2D eigenvalue weighted by molar-refractivity contribution is 7.71. The van der Waals surface area contributed by atoms with Gasteiger partial charge in [-0.15, -0.1) is 0 Å². The SMILES string of the molecule is CON(C)Cc1c[nH]c(=S)n1-c1ccc(F)cc1. The molecule has 1 N–H and O–H groups in total. The van der Waals surface area contributed by atoms with Crippen LogP contribution in [0.2, 0.25) is 0 Å². The number of imidazole rings is 1. The molecule has 18 heavy (non-hydrogen) atoms. The lowest BCUT2D eigenvalue weighted by atomic mass is 10.3. The molecule has 0 atom stereocenters. The molecular weight excluding hydrogens is 253 g/mol. The number of halogens is 1. The molecule has 0 radical (unpaired) electrons. The molecule has 0 amide bonds. The number of nitrogens with zero attached hydrogens (tertiary/aromatic N) is 2. The van der Waals surface area contributed by atoms with Crippen LogP contribution in [0, 0.1) is 10.6 Å². The highest BCUT2D eigenvalue weighted by Crippen LogP contribution is 2.14. The van der Waals surface area contributed by atoms with Crippen LogP contribution in [-0.4, -0.2) is 28.8 Å². The molecule has 0 saturated carbocycles. The summed E-state index contributed by atoms with van der Waals surface area (Å²) in [5.74, 6) is -0.267. The van der Waals surface area contributed by atoms with Crippen LogP contribution in [0.4, 0.5) is 4.39 Å². The molecule has 4 nitrogen and oxygen atoms in total. The number of rotatable bonds is 4. The minimum atomic E-state index is -0.267. The van der Waals surface area contributed by atoms with Gasteiger partial charge in [0.1, 0.15) is 5.82 Å². The van der Waals surface area contributed by atoms with E-state index >= 15 is 0 Å². The molecule has 0 unspecified atom stereocenters. The highest BCUT2D eigenvalue weighted by atomic mass is 32.1. The Balaban J connectivity index is 2.40. The molecule has 1 aromatic heterocycles. The molecule has 1 heterocycles. The van der Waals surface area contributed by atoms with Crippen molar-refractivity contribution in [2.24, 2.45) is 0 Å². The standard InChI is InChI=1S/C12H14FN3OS/c1-15(17-2)8-11-7-14-12(18)16(11)10-5-3-9(13)4-6-10/h3-7H,8H2,1-2H3,(H,14,18). The largest absolute Gasteiger partial charge is 0.337 e. The molecule has 0 aliphatic rings. The van der Waals surface area contributed by atoms with E-state index in [4.69, 9.17) is 17.1 Å². The number of hydroxylamine groups is 2. The molecule has 6 heteroatoms. The van der Waals surface area contributed by atoms with Gasteiger partial charge in [-0.2, -0.15) is 5.06 Å². The lowest BCUT2D eigenvalue weighted by molar-refractivity contribution is -0.117. The van der Waals surface area contributed by atoms with Gasteiger partial charge < -0.3 is 9.82 Å². The van der Waals surface area contributed by atoms with E-state index in [0.29, 0.717) is 11.3 Å². The van der Waals surface area contributed by atoms with Gasteiger partial charge in [-0.25, -0.2) is 4.39 Å². The van der Waals surface area contributed by atoms with Crippen molar-refractivity contribution in [2.45, 2.75) is 6.54 Å². The van der Waals surface area contributed by atoms with E-state index in [1.54, 1.807) is 24.3 Å². The topological polar surface area (TPSA) is 33.2 Å². The van der Waals surface area contributed by atoms with Gasteiger partial charge in [0.25, 0.3) is 0 Å². The molecule has 0 aliphatic carbocycles. The Hall–Kier alpha value is -1.50. The second-order valence-corrected chi connectivity index (χ2v) is 4.25. The van der Waals surface area contributed by atoms with E-state index in [-0.39, 0.29) is 5.82 Å². The number of hydrogen-bond acceptors (Lipinski definition) is 3. The zero-order valence-electron chi connectivity index (χ0n) is 10.2. The van der Waals surface area contributed by atoms with Gasteiger partial charge in [0.15, 0.2) is 4.77 Å². The summed E-state index contributed by atoms with van der Waals surface area (Å²) in [4.78, 5) is 8.07. The van der Waals surface area contributed by atoms with Crippen molar-refractivity contribution in [1.82, 2.24) is 14.6 Å². The van der Waals surface area contributed by atoms with Crippen molar-refractivity contribution in [3.8, 4) is 5.69 Å². The normalized spacial score (nSPS) is 11.1. The van der Waals surface area contributed by atoms with Crippen LogP contribution < -0.4 is 0 Å². The van der Waals surface area contributed by atoms with Crippen molar-refractivity contribution in [3.05, 3.63) is 46.7 Å².